The first kappa shape index (κ1) is 14.8. The first-order chi connectivity index (χ1) is 9.39. The molecule has 110 valence electrons. The fourth-order valence-electron chi connectivity index (χ4n) is 2.09. The van der Waals surface area contributed by atoms with Gasteiger partial charge in [0.25, 0.3) is 5.92 Å². The van der Waals surface area contributed by atoms with Gasteiger partial charge in [0.05, 0.1) is 12.6 Å². The molecule has 1 fully saturated rings. The normalized spacial score (nSPS) is 20.9. The van der Waals surface area contributed by atoms with Gasteiger partial charge in [-0.25, -0.2) is 17.6 Å². The minimum absolute atomic E-state index is 0.0585. The second kappa shape index (κ2) is 5.78. The zero-order valence-corrected chi connectivity index (χ0v) is 10.6. The molecule has 1 aromatic rings. The Kier molecular flexibility index (Phi) is 4.27. The number of halogens is 4. The lowest BCUT2D eigenvalue weighted by Gasteiger charge is -2.11. The maximum absolute atomic E-state index is 13.3. The van der Waals surface area contributed by atoms with E-state index in [0.717, 1.165) is 6.07 Å². The van der Waals surface area contributed by atoms with Crippen LogP contribution in [0.2, 0.25) is 0 Å². The minimum Gasteiger partial charge on any atom is -0.354 e. The number of nitrogens with one attached hydrogen (secondary N) is 2. The van der Waals surface area contributed by atoms with Crippen molar-refractivity contribution in [1.29, 1.82) is 0 Å². The molecule has 1 aliphatic heterocycles. The summed E-state index contributed by atoms with van der Waals surface area (Å²) in [6.07, 6.45) is -0.453. The van der Waals surface area contributed by atoms with E-state index in [4.69, 9.17) is 0 Å². The molecule has 0 radical (unpaired) electrons. The molecular weight excluding hydrogens is 276 g/mol. The van der Waals surface area contributed by atoms with Crippen LogP contribution in [0.4, 0.5) is 17.6 Å². The molecule has 0 spiro atoms. The van der Waals surface area contributed by atoms with Crippen molar-refractivity contribution in [3.05, 3.63) is 35.4 Å². The van der Waals surface area contributed by atoms with Gasteiger partial charge in [-0.15, -0.1) is 0 Å². The molecule has 1 aliphatic rings. The van der Waals surface area contributed by atoms with Crippen LogP contribution in [0.15, 0.2) is 18.2 Å². The molecule has 0 aromatic heterocycles. The summed E-state index contributed by atoms with van der Waals surface area (Å²) in [5, 5.41) is 4.85. The van der Waals surface area contributed by atoms with Crippen LogP contribution in [-0.4, -0.2) is 31.0 Å². The van der Waals surface area contributed by atoms with Crippen LogP contribution in [0.25, 0.3) is 0 Å². The number of hydrogen-bond donors (Lipinski definition) is 2. The average Bonchev–Trinajstić information content (AvgIpc) is 2.75. The van der Waals surface area contributed by atoms with Crippen molar-refractivity contribution in [3.63, 3.8) is 0 Å². The van der Waals surface area contributed by atoms with E-state index >= 15 is 0 Å². The van der Waals surface area contributed by atoms with Crippen LogP contribution in [0.3, 0.4) is 0 Å². The fraction of sp³-hybridized carbons (Fsp3) is 0.462. The highest BCUT2D eigenvalue weighted by Crippen LogP contribution is 2.25. The van der Waals surface area contributed by atoms with E-state index in [0.29, 0.717) is 0 Å². The Bertz CT molecular complexity index is 507. The number of hydrogen-bond acceptors (Lipinski definition) is 2. The maximum Gasteiger partial charge on any atom is 0.262 e. The standard InChI is InChI=1S/C13H14F4N2O/c14-9-3-1-2-8(11(9)15)4-5-18-12(20)10-6-13(16,17)7-19-10/h1-3,10,19H,4-7H2,(H,18,20). The number of alkyl halides is 2. The molecule has 2 N–H and O–H groups in total. The average molecular weight is 290 g/mol. The molecule has 1 amide bonds. The highest BCUT2D eigenvalue weighted by Gasteiger charge is 2.42. The van der Waals surface area contributed by atoms with Gasteiger partial charge >= 0.3 is 0 Å². The highest BCUT2D eigenvalue weighted by molar-refractivity contribution is 5.82. The molecule has 1 heterocycles. The number of amides is 1. The van der Waals surface area contributed by atoms with Crippen molar-refractivity contribution in [2.75, 3.05) is 13.1 Å². The first-order valence-electron chi connectivity index (χ1n) is 6.21. The molecule has 7 heteroatoms. The van der Waals surface area contributed by atoms with Crippen molar-refractivity contribution in [1.82, 2.24) is 10.6 Å². The van der Waals surface area contributed by atoms with Gasteiger partial charge in [0.15, 0.2) is 11.6 Å². The monoisotopic (exact) mass is 290 g/mol. The quantitative estimate of drug-likeness (QED) is 0.827. The summed E-state index contributed by atoms with van der Waals surface area (Å²) in [6, 6.07) is 2.84. The van der Waals surface area contributed by atoms with Crippen LogP contribution >= 0.6 is 0 Å². The van der Waals surface area contributed by atoms with E-state index in [9.17, 15) is 22.4 Å². The van der Waals surface area contributed by atoms with Gasteiger partial charge in [-0.1, -0.05) is 12.1 Å². The minimum atomic E-state index is -2.88. The van der Waals surface area contributed by atoms with Crippen molar-refractivity contribution in [2.45, 2.75) is 24.8 Å². The van der Waals surface area contributed by atoms with Crippen LogP contribution < -0.4 is 10.6 Å². The molecule has 0 bridgehead atoms. The third kappa shape index (κ3) is 3.47. The Morgan fingerprint density at radius 3 is 2.80 bits per heavy atom. The lowest BCUT2D eigenvalue weighted by molar-refractivity contribution is -0.123. The Hall–Kier alpha value is -1.63. The van der Waals surface area contributed by atoms with Crippen LogP contribution in [-0.2, 0) is 11.2 Å². The molecule has 0 aliphatic carbocycles. The molecule has 1 atom stereocenters. The van der Waals surface area contributed by atoms with E-state index < -0.39 is 42.5 Å². The predicted molar refractivity (Wildman–Crippen MR) is 64.4 cm³/mol. The molecule has 1 saturated heterocycles. The van der Waals surface area contributed by atoms with Crippen molar-refractivity contribution in [3.8, 4) is 0 Å². The molecule has 0 saturated carbocycles. The fourth-order valence-corrected chi connectivity index (χ4v) is 2.09. The number of carbonyl (C=O) groups is 1. The summed E-state index contributed by atoms with van der Waals surface area (Å²) < 4.78 is 52.1. The Morgan fingerprint density at radius 2 is 2.15 bits per heavy atom. The van der Waals surface area contributed by atoms with Crippen LogP contribution in [0.5, 0.6) is 0 Å². The molecular formula is C13H14F4N2O. The number of carbonyl (C=O) groups excluding carboxylic acids is 1. The SMILES string of the molecule is O=C(NCCc1cccc(F)c1F)C1CC(F)(F)CN1. The maximum atomic E-state index is 13.3. The number of benzene rings is 1. The van der Waals surface area contributed by atoms with E-state index in [1.54, 1.807) is 0 Å². The second-order valence-electron chi connectivity index (χ2n) is 4.75. The van der Waals surface area contributed by atoms with Gasteiger partial charge in [-0.2, -0.15) is 0 Å². The summed E-state index contributed by atoms with van der Waals surface area (Å²) in [7, 11) is 0. The smallest absolute Gasteiger partial charge is 0.262 e. The summed E-state index contributed by atoms with van der Waals surface area (Å²) in [5.41, 5.74) is 0.134. The Balaban J connectivity index is 1.81. The van der Waals surface area contributed by atoms with Gasteiger partial charge in [0.1, 0.15) is 0 Å². The lowest BCUT2D eigenvalue weighted by Crippen LogP contribution is -2.41. The largest absolute Gasteiger partial charge is 0.354 e. The topological polar surface area (TPSA) is 41.1 Å². The second-order valence-corrected chi connectivity index (χ2v) is 4.75. The van der Waals surface area contributed by atoms with Crippen molar-refractivity contribution >= 4 is 5.91 Å². The summed E-state index contributed by atoms with van der Waals surface area (Å²) >= 11 is 0. The van der Waals surface area contributed by atoms with Gasteiger partial charge < -0.3 is 5.32 Å². The van der Waals surface area contributed by atoms with Gasteiger partial charge in [-0.3, -0.25) is 10.1 Å². The Morgan fingerprint density at radius 1 is 1.40 bits per heavy atom. The van der Waals surface area contributed by atoms with Crippen LogP contribution in [0, 0.1) is 11.6 Å². The third-order valence-corrected chi connectivity index (χ3v) is 3.15. The van der Waals surface area contributed by atoms with E-state index in [-0.39, 0.29) is 18.5 Å². The Labute approximate surface area is 113 Å². The summed E-state index contributed by atoms with van der Waals surface area (Å²) in [4.78, 5) is 11.6. The zero-order chi connectivity index (χ0) is 14.8. The number of rotatable bonds is 4. The van der Waals surface area contributed by atoms with Crippen molar-refractivity contribution in [2.24, 2.45) is 0 Å². The van der Waals surface area contributed by atoms with Gasteiger partial charge in [0, 0.05) is 13.0 Å². The van der Waals surface area contributed by atoms with E-state index in [1.165, 1.54) is 12.1 Å². The molecule has 2 rings (SSSR count). The highest BCUT2D eigenvalue weighted by atomic mass is 19.3. The molecule has 1 unspecified atom stereocenters. The van der Waals surface area contributed by atoms with E-state index in [2.05, 4.69) is 10.6 Å². The van der Waals surface area contributed by atoms with E-state index in [1.807, 2.05) is 0 Å². The zero-order valence-electron chi connectivity index (χ0n) is 10.6. The van der Waals surface area contributed by atoms with Gasteiger partial charge in [-0.05, 0) is 18.1 Å². The first-order valence-corrected chi connectivity index (χ1v) is 6.21. The lowest BCUT2D eigenvalue weighted by atomic mass is 10.1. The van der Waals surface area contributed by atoms with Crippen molar-refractivity contribution < 1.29 is 22.4 Å². The molecule has 1 aromatic carbocycles. The molecule has 3 nitrogen and oxygen atoms in total. The summed E-state index contributed by atoms with van der Waals surface area (Å²) in [5.74, 6) is -5.34. The molecule has 20 heavy (non-hydrogen) atoms. The summed E-state index contributed by atoms with van der Waals surface area (Å²) in [6.45, 7) is -0.466. The predicted octanol–water partition coefficient (Wildman–Crippen LogP) is 1.62. The van der Waals surface area contributed by atoms with Gasteiger partial charge in [0.2, 0.25) is 5.91 Å². The third-order valence-electron chi connectivity index (χ3n) is 3.15. The van der Waals surface area contributed by atoms with Crippen LogP contribution in [0.1, 0.15) is 12.0 Å².